The molecule has 0 rings (SSSR count). The van der Waals surface area contributed by atoms with Crippen LogP contribution in [0.3, 0.4) is 0 Å². The van der Waals surface area contributed by atoms with Gasteiger partial charge in [0.15, 0.2) is 0 Å². The highest BCUT2D eigenvalue weighted by Crippen LogP contribution is 1.86. The molecule has 9 heavy (non-hydrogen) atoms. The highest BCUT2D eigenvalue weighted by molar-refractivity contribution is 5.97. The van der Waals surface area contributed by atoms with Crippen LogP contribution in [0.25, 0.3) is 0 Å². The van der Waals surface area contributed by atoms with Crippen molar-refractivity contribution in [1.82, 2.24) is 0 Å². The van der Waals surface area contributed by atoms with E-state index in [1.165, 1.54) is 7.11 Å². The zero-order chi connectivity index (χ0) is 7.28. The van der Waals surface area contributed by atoms with Crippen molar-refractivity contribution in [3.05, 3.63) is 0 Å². The fraction of sp³-hybridized carbons (Fsp3) is 0.667. The quantitative estimate of drug-likeness (QED) is 0.405. The van der Waals surface area contributed by atoms with E-state index in [1.807, 2.05) is 0 Å². The first kappa shape index (κ1) is 8.14. The molecule has 0 N–H and O–H groups in total. The summed E-state index contributed by atoms with van der Waals surface area (Å²) in [6, 6.07) is 0. The molecule has 0 radical (unpaired) electrons. The topological polar surface area (TPSA) is 38.7 Å². The van der Waals surface area contributed by atoms with Crippen molar-refractivity contribution in [2.24, 2.45) is 4.99 Å². The maximum absolute atomic E-state index is 10.5. The first-order valence-electron chi connectivity index (χ1n) is 2.69. The fourth-order valence-corrected chi connectivity index (χ4v) is 0.360. The van der Waals surface area contributed by atoms with Crippen molar-refractivity contribution in [3.8, 4) is 0 Å². The standard InChI is InChI=1S/C6H11NO2/c1-5(7-2)4-6(8)9-3/h4H2,1-3H3/b7-5-. The molecule has 3 heteroatoms. The monoisotopic (exact) mass is 129 g/mol. The van der Waals surface area contributed by atoms with Crippen LogP contribution in [0.15, 0.2) is 4.99 Å². The molecule has 0 bridgehead atoms. The van der Waals surface area contributed by atoms with Crippen LogP contribution in [0.5, 0.6) is 0 Å². The van der Waals surface area contributed by atoms with Gasteiger partial charge in [0.25, 0.3) is 0 Å². The van der Waals surface area contributed by atoms with E-state index >= 15 is 0 Å². The second-order valence-electron chi connectivity index (χ2n) is 1.71. The third-order valence-corrected chi connectivity index (χ3v) is 1.01. The van der Waals surface area contributed by atoms with E-state index in [9.17, 15) is 4.79 Å². The molecule has 3 nitrogen and oxygen atoms in total. The van der Waals surface area contributed by atoms with E-state index in [0.29, 0.717) is 6.42 Å². The molecule has 0 aliphatic carbocycles. The normalized spacial score (nSPS) is 11.2. The Balaban J connectivity index is 3.60. The van der Waals surface area contributed by atoms with Crippen molar-refractivity contribution >= 4 is 11.7 Å². The molecule has 0 aliphatic rings. The Bertz CT molecular complexity index is 129. The van der Waals surface area contributed by atoms with E-state index in [1.54, 1.807) is 14.0 Å². The average molecular weight is 129 g/mol. The Kier molecular flexibility index (Phi) is 3.67. The number of methoxy groups -OCH3 is 1. The third-order valence-electron chi connectivity index (χ3n) is 1.01. The molecule has 0 unspecified atom stereocenters. The molecule has 0 aromatic rings. The summed E-state index contributed by atoms with van der Waals surface area (Å²) in [5.74, 6) is -0.238. The van der Waals surface area contributed by atoms with Crippen LogP contribution in [-0.2, 0) is 9.53 Å². The van der Waals surface area contributed by atoms with Gasteiger partial charge in [-0.3, -0.25) is 9.79 Å². The van der Waals surface area contributed by atoms with Crippen LogP contribution in [0.4, 0.5) is 0 Å². The van der Waals surface area contributed by atoms with Crippen molar-refractivity contribution in [1.29, 1.82) is 0 Å². The minimum absolute atomic E-state index is 0.238. The van der Waals surface area contributed by atoms with Gasteiger partial charge < -0.3 is 4.74 Å². The molecule has 0 aromatic heterocycles. The number of hydrogen-bond donors (Lipinski definition) is 0. The van der Waals surface area contributed by atoms with Gasteiger partial charge in [-0.1, -0.05) is 0 Å². The molecule has 0 spiro atoms. The van der Waals surface area contributed by atoms with Gasteiger partial charge in [0.2, 0.25) is 0 Å². The number of nitrogens with zero attached hydrogens (tertiary/aromatic N) is 1. The zero-order valence-electron chi connectivity index (χ0n) is 5.97. The van der Waals surface area contributed by atoms with Gasteiger partial charge in [0.1, 0.15) is 0 Å². The van der Waals surface area contributed by atoms with Crippen molar-refractivity contribution in [2.45, 2.75) is 13.3 Å². The van der Waals surface area contributed by atoms with Crippen molar-refractivity contribution < 1.29 is 9.53 Å². The van der Waals surface area contributed by atoms with Crippen molar-refractivity contribution in [3.63, 3.8) is 0 Å². The van der Waals surface area contributed by atoms with E-state index in [0.717, 1.165) is 5.71 Å². The van der Waals surface area contributed by atoms with Gasteiger partial charge in [0, 0.05) is 12.8 Å². The van der Waals surface area contributed by atoms with Crippen LogP contribution >= 0.6 is 0 Å². The van der Waals surface area contributed by atoms with Crippen molar-refractivity contribution in [2.75, 3.05) is 14.2 Å². The lowest BCUT2D eigenvalue weighted by molar-refractivity contribution is -0.139. The summed E-state index contributed by atoms with van der Waals surface area (Å²) in [7, 11) is 3.02. The molecular formula is C6H11NO2. The maximum Gasteiger partial charge on any atom is 0.311 e. The number of esters is 1. The Morgan fingerprint density at radius 3 is 2.56 bits per heavy atom. The summed E-state index contributed by atoms with van der Waals surface area (Å²) in [5, 5.41) is 0. The lowest BCUT2D eigenvalue weighted by Gasteiger charge is -1.95. The highest BCUT2D eigenvalue weighted by atomic mass is 16.5. The Labute approximate surface area is 54.7 Å². The predicted molar refractivity (Wildman–Crippen MR) is 35.7 cm³/mol. The van der Waals surface area contributed by atoms with E-state index in [4.69, 9.17) is 0 Å². The molecule has 0 saturated carbocycles. The van der Waals surface area contributed by atoms with Gasteiger partial charge in [-0.2, -0.15) is 0 Å². The molecule has 0 saturated heterocycles. The first-order valence-corrected chi connectivity index (χ1v) is 2.69. The fourth-order valence-electron chi connectivity index (χ4n) is 0.360. The second kappa shape index (κ2) is 4.06. The number of ether oxygens (including phenoxy) is 1. The minimum atomic E-state index is -0.238. The largest absolute Gasteiger partial charge is 0.469 e. The summed E-state index contributed by atoms with van der Waals surface area (Å²) in [4.78, 5) is 14.3. The molecule has 0 aromatic carbocycles. The lowest BCUT2D eigenvalue weighted by Crippen LogP contribution is -2.05. The van der Waals surface area contributed by atoms with Gasteiger partial charge in [0.05, 0.1) is 13.5 Å². The average Bonchev–Trinajstić information content (AvgIpc) is 1.87. The third kappa shape index (κ3) is 3.70. The van der Waals surface area contributed by atoms with Gasteiger partial charge >= 0.3 is 5.97 Å². The number of hydrogen-bond acceptors (Lipinski definition) is 3. The SMILES string of the molecule is C/N=C(/C)CC(=O)OC. The van der Waals surface area contributed by atoms with Crippen LogP contribution < -0.4 is 0 Å². The van der Waals surface area contributed by atoms with Crippen LogP contribution in [0, 0.1) is 0 Å². The number of aliphatic imine (C=N–C) groups is 1. The summed E-state index contributed by atoms with van der Waals surface area (Å²) in [6.07, 6.45) is 0.299. The summed E-state index contributed by atoms with van der Waals surface area (Å²) in [6.45, 7) is 1.79. The first-order chi connectivity index (χ1) is 4.20. The second-order valence-corrected chi connectivity index (χ2v) is 1.71. The lowest BCUT2D eigenvalue weighted by atomic mass is 10.3. The smallest absolute Gasteiger partial charge is 0.311 e. The number of rotatable bonds is 2. The van der Waals surface area contributed by atoms with Gasteiger partial charge in [-0.15, -0.1) is 0 Å². The van der Waals surface area contributed by atoms with E-state index < -0.39 is 0 Å². The van der Waals surface area contributed by atoms with Crippen LogP contribution in [-0.4, -0.2) is 25.8 Å². The highest BCUT2D eigenvalue weighted by Gasteiger charge is 1.99. The number of carbonyl (C=O) groups is 1. The number of carbonyl (C=O) groups excluding carboxylic acids is 1. The molecule has 0 aliphatic heterocycles. The summed E-state index contributed by atoms with van der Waals surface area (Å²) < 4.78 is 4.40. The summed E-state index contributed by atoms with van der Waals surface area (Å²) >= 11 is 0. The van der Waals surface area contributed by atoms with Gasteiger partial charge in [-0.25, -0.2) is 0 Å². The maximum atomic E-state index is 10.5. The Morgan fingerprint density at radius 1 is 1.67 bits per heavy atom. The van der Waals surface area contributed by atoms with Gasteiger partial charge in [-0.05, 0) is 6.92 Å². The zero-order valence-corrected chi connectivity index (χ0v) is 5.97. The minimum Gasteiger partial charge on any atom is -0.469 e. The summed E-state index contributed by atoms with van der Waals surface area (Å²) in [5.41, 5.74) is 0.793. The predicted octanol–water partition coefficient (Wildman–Crippen LogP) is 0.640. The van der Waals surface area contributed by atoms with Crippen LogP contribution in [0.2, 0.25) is 0 Å². The van der Waals surface area contributed by atoms with Crippen LogP contribution in [0.1, 0.15) is 13.3 Å². The van der Waals surface area contributed by atoms with E-state index in [-0.39, 0.29) is 5.97 Å². The van der Waals surface area contributed by atoms with E-state index in [2.05, 4.69) is 9.73 Å². The molecule has 52 valence electrons. The molecule has 0 amide bonds. The molecular weight excluding hydrogens is 118 g/mol. The molecule has 0 atom stereocenters. The molecule has 0 heterocycles. The Morgan fingerprint density at radius 2 is 2.22 bits per heavy atom. The molecule has 0 fully saturated rings. The Hall–Kier alpha value is -0.860.